The number of rotatable bonds is 0. The van der Waals surface area contributed by atoms with Crippen molar-refractivity contribution in [1.82, 2.24) is 4.90 Å². The van der Waals surface area contributed by atoms with Gasteiger partial charge in [0.2, 0.25) is 0 Å². The Kier molecular flexibility index (Phi) is 3.06. The SMILES string of the molecule is CC(C)(C)N1CCN2c3c(cccc31)[C@@H]1CN(C(=O)O)CC[C@@H]12. The number of likely N-dealkylation sites (tertiary alicyclic amines) is 1. The van der Waals surface area contributed by atoms with E-state index in [1.54, 1.807) is 4.90 Å². The molecule has 1 fully saturated rings. The van der Waals surface area contributed by atoms with Crippen LogP contribution in [-0.2, 0) is 0 Å². The molecule has 4 rings (SSSR count). The first-order valence-electron chi connectivity index (χ1n) is 8.53. The number of carbonyl (C=O) groups is 1. The molecule has 1 amide bonds. The van der Waals surface area contributed by atoms with Gasteiger partial charge in [0.15, 0.2) is 0 Å². The summed E-state index contributed by atoms with van der Waals surface area (Å²) >= 11 is 0. The third-order valence-electron chi connectivity index (χ3n) is 5.64. The molecule has 5 heteroatoms. The van der Waals surface area contributed by atoms with Crippen molar-refractivity contribution < 1.29 is 9.90 Å². The summed E-state index contributed by atoms with van der Waals surface area (Å²) in [5, 5.41) is 9.35. The first-order valence-corrected chi connectivity index (χ1v) is 8.53. The number of para-hydroxylation sites is 1. The Morgan fingerprint density at radius 2 is 2.00 bits per heavy atom. The van der Waals surface area contributed by atoms with E-state index in [9.17, 15) is 9.90 Å². The lowest BCUT2D eigenvalue weighted by Crippen LogP contribution is -2.53. The van der Waals surface area contributed by atoms with E-state index in [1.165, 1.54) is 16.9 Å². The highest BCUT2D eigenvalue weighted by Gasteiger charge is 2.46. The average molecular weight is 315 g/mol. The smallest absolute Gasteiger partial charge is 0.407 e. The summed E-state index contributed by atoms with van der Waals surface area (Å²) in [6.07, 6.45) is 0.145. The Bertz CT molecular complexity index is 652. The Morgan fingerprint density at radius 3 is 2.70 bits per heavy atom. The maximum atomic E-state index is 11.4. The number of carboxylic acid groups (broad SMARTS) is 1. The molecule has 1 aromatic rings. The second-order valence-corrected chi connectivity index (χ2v) is 7.92. The van der Waals surface area contributed by atoms with E-state index in [0.717, 1.165) is 19.5 Å². The van der Waals surface area contributed by atoms with E-state index < -0.39 is 6.09 Å². The van der Waals surface area contributed by atoms with Crippen LogP contribution in [0.2, 0.25) is 0 Å². The van der Waals surface area contributed by atoms with Crippen molar-refractivity contribution >= 4 is 17.5 Å². The molecule has 0 unspecified atom stereocenters. The lowest BCUT2D eigenvalue weighted by Gasteiger charge is -2.46. The Morgan fingerprint density at radius 1 is 1.22 bits per heavy atom. The summed E-state index contributed by atoms with van der Waals surface area (Å²) in [5.41, 5.74) is 4.11. The van der Waals surface area contributed by atoms with Crippen LogP contribution in [-0.4, -0.2) is 53.9 Å². The molecule has 0 bridgehead atoms. The summed E-state index contributed by atoms with van der Waals surface area (Å²) in [4.78, 5) is 18.0. The molecule has 0 saturated carbocycles. The van der Waals surface area contributed by atoms with Gasteiger partial charge in [-0.2, -0.15) is 0 Å². The van der Waals surface area contributed by atoms with Gasteiger partial charge in [-0.3, -0.25) is 0 Å². The van der Waals surface area contributed by atoms with Crippen molar-refractivity contribution in [3.63, 3.8) is 0 Å². The highest BCUT2D eigenvalue weighted by molar-refractivity contribution is 5.82. The lowest BCUT2D eigenvalue weighted by molar-refractivity contribution is 0.127. The van der Waals surface area contributed by atoms with E-state index in [4.69, 9.17) is 0 Å². The van der Waals surface area contributed by atoms with E-state index in [1.807, 2.05) is 0 Å². The van der Waals surface area contributed by atoms with Crippen molar-refractivity contribution in [2.45, 2.75) is 44.7 Å². The standard InChI is InChI=1S/C18H25N3O2/c1-18(2,3)21-10-9-20-14-7-8-19(17(22)23)11-13(14)12-5-4-6-15(21)16(12)20/h4-6,13-14H,7-11H2,1-3H3,(H,22,23)/t13-,14-/m0/s1. The fraction of sp³-hybridized carbons (Fsp3) is 0.611. The van der Waals surface area contributed by atoms with Crippen LogP contribution in [0.3, 0.4) is 0 Å². The normalized spacial score (nSPS) is 26.1. The number of fused-ring (bicyclic) bond motifs is 3. The van der Waals surface area contributed by atoms with E-state index in [0.29, 0.717) is 25.0 Å². The minimum Gasteiger partial charge on any atom is -0.465 e. The molecule has 3 aliphatic rings. The molecule has 0 aliphatic carbocycles. The molecule has 5 nitrogen and oxygen atoms in total. The van der Waals surface area contributed by atoms with Crippen molar-refractivity contribution in [2.75, 3.05) is 36.0 Å². The van der Waals surface area contributed by atoms with Crippen molar-refractivity contribution in [2.24, 2.45) is 0 Å². The molecule has 0 aromatic heterocycles. The zero-order valence-corrected chi connectivity index (χ0v) is 14.1. The van der Waals surface area contributed by atoms with Gasteiger partial charge in [-0.15, -0.1) is 0 Å². The summed E-state index contributed by atoms with van der Waals surface area (Å²) in [6.45, 7) is 10.1. The molecule has 0 radical (unpaired) electrons. The first-order chi connectivity index (χ1) is 10.9. The third kappa shape index (κ3) is 2.09. The van der Waals surface area contributed by atoms with Crippen LogP contribution >= 0.6 is 0 Å². The van der Waals surface area contributed by atoms with Crippen LogP contribution in [0, 0.1) is 0 Å². The number of hydrogen-bond donors (Lipinski definition) is 1. The van der Waals surface area contributed by atoms with Crippen LogP contribution in [0.5, 0.6) is 0 Å². The minimum atomic E-state index is -0.786. The number of piperidine rings is 1. The summed E-state index contributed by atoms with van der Waals surface area (Å²) in [5.74, 6) is 0.315. The van der Waals surface area contributed by atoms with Gasteiger partial charge >= 0.3 is 6.09 Å². The maximum absolute atomic E-state index is 11.4. The van der Waals surface area contributed by atoms with Gasteiger partial charge in [0.25, 0.3) is 0 Å². The number of anilines is 2. The quantitative estimate of drug-likeness (QED) is 0.799. The van der Waals surface area contributed by atoms with Gasteiger partial charge in [0.1, 0.15) is 0 Å². The number of amides is 1. The van der Waals surface area contributed by atoms with Crippen LogP contribution in [0.1, 0.15) is 38.7 Å². The summed E-state index contributed by atoms with van der Waals surface area (Å²) in [6, 6.07) is 7.03. The van der Waals surface area contributed by atoms with E-state index in [2.05, 4.69) is 48.8 Å². The molecule has 1 aromatic carbocycles. The fourth-order valence-corrected chi connectivity index (χ4v) is 4.64. The molecule has 124 valence electrons. The Balaban J connectivity index is 1.77. The topological polar surface area (TPSA) is 47.0 Å². The Labute approximate surface area is 137 Å². The zero-order valence-electron chi connectivity index (χ0n) is 14.1. The number of nitrogens with zero attached hydrogens (tertiary/aromatic N) is 3. The monoisotopic (exact) mass is 315 g/mol. The van der Waals surface area contributed by atoms with Gasteiger partial charge in [-0.1, -0.05) is 12.1 Å². The van der Waals surface area contributed by atoms with Gasteiger partial charge in [0.05, 0.1) is 11.4 Å². The average Bonchev–Trinajstić information content (AvgIpc) is 2.82. The molecule has 3 aliphatic heterocycles. The van der Waals surface area contributed by atoms with Crippen LogP contribution in [0.25, 0.3) is 0 Å². The first kappa shape index (κ1) is 14.7. The van der Waals surface area contributed by atoms with Crippen molar-refractivity contribution in [3.05, 3.63) is 23.8 Å². The second-order valence-electron chi connectivity index (χ2n) is 7.92. The second kappa shape index (κ2) is 4.79. The zero-order chi connectivity index (χ0) is 16.4. The van der Waals surface area contributed by atoms with Gasteiger partial charge in [-0.25, -0.2) is 4.79 Å². The highest BCUT2D eigenvalue weighted by Crippen LogP contribution is 2.51. The molecular formula is C18H25N3O2. The van der Waals surface area contributed by atoms with Gasteiger partial charge in [0, 0.05) is 43.7 Å². The maximum Gasteiger partial charge on any atom is 0.407 e. The predicted molar refractivity (Wildman–Crippen MR) is 91.6 cm³/mol. The number of hydrogen-bond acceptors (Lipinski definition) is 3. The lowest BCUT2D eigenvalue weighted by atomic mass is 9.89. The minimum absolute atomic E-state index is 0.0993. The molecule has 1 saturated heterocycles. The largest absolute Gasteiger partial charge is 0.465 e. The molecule has 3 heterocycles. The third-order valence-corrected chi connectivity index (χ3v) is 5.64. The molecular weight excluding hydrogens is 290 g/mol. The molecule has 23 heavy (non-hydrogen) atoms. The molecule has 0 spiro atoms. The molecule has 1 N–H and O–H groups in total. The van der Waals surface area contributed by atoms with Crippen LogP contribution in [0.4, 0.5) is 16.2 Å². The summed E-state index contributed by atoms with van der Waals surface area (Å²) in [7, 11) is 0. The summed E-state index contributed by atoms with van der Waals surface area (Å²) < 4.78 is 0. The molecule has 2 atom stereocenters. The predicted octanol–water partition coefficient (Wildman–Crippen LogP) is 2.96. The van der Waals surface area contributed by atoms with E-state index in [-0.39, 0.29) is 5.54 Å². The Hall–Kier alpha value is -1.91. The van der Waals surface area contributed by atoms with Crippen LogP contribution in [0.15, 0.2) is 18.2 Å². The van der Waals surface area contributed by atoms with Crippen molar-refractivity contribution in [1.29, 1.82) is 0 Å². The fourth-order valence-electron chi connectivity index (χ4n) is 4.64. The van der Waals surface area contributed by atoms with Crippen LogP contribution < -0.4 is 9.80 Å². The van der Waals surface area contributed by atoms with Gasteiger partial charge in [-0.05, 0) is 38.8 Å². The highest BCUT2D eigenvalue weighted by atomic mass is 16.4. The van der Waals surface area contributed by atoms with E-state index >= 15 is 0 Å². The number of benzene rings is 1. The van der Waals surface area contributed by atoms with Crippen molar-refractivity contribution in [3.8, 4) is 0 Å². The van der Waals surface area contributed by atoms with Gasteiger partial charge < -0.3 is 19.8 Å².